The van der Waals surface area contributed by atoms with Crippen LogP contribution in [0.3, 0.4) is 0 Å². The number of aliphatic imine (C=N–C) groups is 1. The van der Waals surface area contributed by atoms with Crippen LogP contribution in [0.1, 0.15) is 59.3 Å². The van der Waals surface area contributed by atoms with Gasteiger partial charge in [-0.05, 0) is 51.4 Å². The predicted molar refractivity (Wildman–Crippen MR) is 93.3 cm³/mol. The first-order chi connectivity index (χ1) is 10.7. The molecule has 0 bridgehead atoms. The summed E-state index contributed by atoms with van der Waals surface area (Å²) in [6, 6.07) is 0. The lowest BCUT2D eigenvalue weighted by Gasteiger charge is -2.34. The zero-order valence-corrected chi connectivity index (χ0v) is 14.8. The molecule has 0 radical (unpaired) electrons. The average molecular weight is 309 g/mol. The summed E-state index contributed by atoms with van der Waals surface area (Å²) in [7, 11) is 0. The SMILES string of the molecule is CCNC(=NCC1CCCC(C)C1)N1CCC(OCC)CC1. The number of piperidine rings is 1. The van der Waals surface area contributed by atoms with Crippen LogP contribution in [0.2, 0.25) is 0 Å². The molecular weight excluding hydrogens is 274 g/mol. The van der Waals surface area contributed by atoms with Gasteiger partial charge in [-0.15, -0.1) is 0 Å². The molecule has 1 aliphatic heterocycles. The Balaban J connectivity index is 1.84. The van der Waals surface area contributed by atoms with E-state index >= 15 is 0 Å². The van der Waals surface area contributed by atoms with E-state index in [-0.39, 0.29) is 0 Å². The first-order valence-corrected chi connectivity index (χ1v) is 9.37. The molecule has 22 heavy (non-hydrogen) atoms. The van der Waals surface area contributed by atoms with Crippen molar-refractivity contribution in [3.63, 3.8) is 0 Å². The van der Waals surface area contributed by atoms with Gasteiger partial charge >= 0.3 is 0 Å². The Morgan fingerprint density at radius 1 is 1.18 bits per heavy atom. The Kier molecular flexibility index (Phi) is 7.50. The monoisotopic (exact) mass is 309 g/mol. The van der Waals surface area contributed by atoms with Gasteiger partial charge in [0.15, 0.2) is 5.96 Å². The van der Waals surface area contributed by atoms with E-state index in [1.807, 2.05) is 0 Å². The number of hydrogen-bond acceptors (Lipinski definition) is 2. The summed E-state index contributed by atoms with van der Waals surface area (Å²) in [5, 5.41) is 3.49. The highest BCUT2D eigenvalue weighted by Gasteiger charge is 2.23. The van der Waals surface area contributed by atoms with E-state index < -0.39 is 0 Å². The molecule has 1 saturated carbocycles. The Labute approximate surface area is 136 Å². The molecule has 4 heteroatoms. The molecule has 2 atom stereocenters. The maximum atomic E-state index is 5.75. The first kappa shape index (κ1) is 17.6. The molecule has 0 spiro atoms. The van der Waals surface area contributed by atoms with E-state index in [0.29, 0.717) is 6.10 Å². The van der Waals surface area contributed by atoms with Crippen LogP contribution in [0, 0.1) is 11.8 Å². The van der Waals surface area contributed by atoms with Crippen molar-refractivity contribution in [2.75, 3.05) is 32.8 Å². The molecule has 1 aliphatic carbocycles. The molecule has 0 aromatic rings. The summed E-state index contributed by atoms with van der Waals surface area (Å²) in [4.78, 5) is 7.38. The summed E-state index contributed by atoms with van der Waals surface area (Å²) < 4.78 is 5.75. The van der Waals surface area contributed by atoms with E-state index in [9.17, 15) is 0 Å². The van der Waals surface area contributed by atoms with Crippen LogP contribution >= 0.6 is 0 Å². The van der Waals surface area contributed by atoms with E-state index in [4.69, 9.17) is 9.73 Å². The second-order valence-electron chi connectivity index (χ2n) is 6.97. The van der Waals surface area contributed by atoms with Crippen molar-refractivity contribution in [2.24, 2.45) is 16.8 Å². The summed E-state index contributed by atoms with van der Waals surface area (Å²) in [6.07, 6.45) is 8.21. The molecule has 2 fully saturated rings. The van der Waals surface area contributed by atoms with Gasteiger partial charge in [-0.1, -0.05) is 19.8 Å². The molecule has 2 unspecified atom stereocenters. The maximum Gasteiger partial charge on any atom is 0.193 e. The quantitative estimate of drug-likeness (QED) is 0.625. The van der Waals surface area contributed by atoms with E-state index in [2.05, 4.69) is 31.0 Å². The van der Waals surface area contributed by atoms with Crippen molar-refractivity contribution < 1.29 is 4.74 Å². The lowest BCUT2D eigenvalue weighted by atomic mass is 9.82. The highest BCUT2D eigenvalue weighted by molar-refractivity contribution is 5.80. The lowest BCUT2D eigenvalue weighted by molar-refractivity contribution is 0.0263. The predicted octanol–water partition coefficient (Wildman–Crippen LogP) is 3.28. The van der Waals surface area contributed by atoms with E-state index in [1.54, 1.807) is 0 Å². The number of ether oxygens (including phenoxy) is 1. The van der Waals surface area contributed by atoms with Crippen LogP contribution < -0.4 is 5.32 Å². The molecular formula is C18H35N3O. The van der Waals surface area contributed by atoms with Gasteiger partial charge in [0.05, 0.1) is 6.10 Å². The number of rotatable bonds is 5. The van der Waals surface area contributed by atoms with Crippen molar-refractivity contribution in [2.45, 2.75) is 65.4 Å². The minimum Gasteiger partial charge on any atom is -0.378 e. The van der Waals surface area contributed by atoms with Crippen molar-refractivity contribution in [1.82, 2.24) is 10.2 Å². The number of nitrogens with zero attached hydrogens (tertiary/aromatic N) is 2. The fourth-order valence-corrected chi connectivity index (χ4v) is 3.84. The molecule has 0 aromatic carbocycles. The number of guanidine groups is 1. The average Bonchev–Trinajstić information content (AvgIpc) is 2.53. The van der Waals surface area contributed by atoms with Crippen LogP contribution in [-0.4, -0.2) is 49.7 Å². The van der Waals surface area contributed by atoms with E-state index in [1.165, 1.54) is 25.7 Å². The molecule has 0 aromatic heterocycles. The van der Waals surface area contributed by atoms with Crippen molar-refractivity contribution in [3.05, 3.63) is 0 Å². The zero-order valence-electron chi connectivity index (χ0n) is 14.8. The highest BCUT2D eigenvalue weighted by Crippen LogP contribution is 2.28. The van der Waals surface area contributed by atoms with Gasteiger partial charge in [0.2, 0.25) is 0 Å². The minimum absolute atomic E-state index is 0.448. The molecule has 1 N–H and O–H groups in total. The van der Waals surface area contributed by atoms with Gasteiger partial charge in [0.1, 0.15) is 0 Å². The summed E-state index contributed by atoms with van der Waals surface area (Å²) in [5.41, 5.74) is 0. The molecule has 2 rings (SSSR count). The maximum absolute atomic E-state index is 5.75. The number of likely N-dealkylation sites (tertiary alicyclic amines) is 1. The van der Waals surface area contributed by atoms with Crippen LogP contribution in [0.25, 0.3) is 0 Å². The molecule has 4 nitrogen and oxygen atoms in total. The first-order valence-electron chi connectivity index (χ1n) is 9.37. The largest absolute Gasteiger partial charge is 0.378 e. The third-order valence-corrected chi connectivity index (χ3v) is 5.02. The van der Waals surface area contributed by atoms with Gasteiger partial charge in [0, 0.05) is 32.8 Å². The second kappa shape index (κ2) is 9.39. The Morgan fingerprint density at radius 2 is 1.95 bits per heavy atom. The van der Waals surface area contributed by atoms with Crippen LogP contribution in [-0.2, 0) is 4.74 Å². The second-order valence-corrected chi connectivity index (χ2v) is 6.97. The fraction of sp³-hybridized carbons (Fsp3) is 0.944. The van der Waals surface area contributed by atoms with Crippen molar-refractivity contribution >= 4 is 5.96 Å². The topological polar surface area (TPSA) is 36.9 Å². The van der Waals surface area contributed by atoms with Crippen molar-refractivity contribution in [3.8, 4) is 0 Å². The fourth-order valence-electron chi connectivity index (χ4n) is 3.84. The van der Waals surface area contributed by atoms with Gasteiger partial charge < -0.3 is 15.0 Å². The molecule has 2 aliphatic rings. The van der Waals surface area contributed by atoms with Gasteiger partial charge in [-0.3, -0.25) is 4.99 Å². The summed E-state index contributed by atoms with van der Waals surface area (Å²) >= 11 is 0. The third kappa shape index (κ3) is 5.45. The molecule has 128 valence electrons. The molecule has 0 amide bonds. The van der Waals surface area contributed by atoms with Crippen LogP contribution in [0.4, 0.5) is 0 Å². The Bertz CT molecular complexity index is 337. The third-order valence-electron chi connectivity index (χ3n) is 5.02. The summed E-state index contributed by atoms with van der Waals surface area (Å²) in [6.45, 7) is 11.5. The lowest BCUT2D eigenvalue weighted by Crippen LogP contribution is -2.47. The number of hydrogen-bond donors (Lipinski definition) is 1. The van der Waals surface area contributed by atoms with Crippen LogP contribution in [0.15, 0.2) is 4.99 Å². The van der Waals surface area contributed by atoms with Crippen molar-refractivity contribution in [1.29, 1.82) is 0 Å². The van der Waals surface area contributed by atoms with Gasteiger partial charge in [-0.2, -0.15) is 0 Å². The minimum atomic E-state index is 0.448. The Hall–Kier alpha value is -0.770. The number of nitrogens with one attached hydrogen (secondary N) is 1. The smallest absolute Gasteiger partial charge is 0.193 e. The van der Waals surface area contributed by atoms with E-state index in [0.717, 1.165) is 63.4 Å². The normalized spacial score (nSPS) is 28.0. The van der Waals surface area contributed by atoms with Gasteiger partial charge in [0.25, 0.3) is 0 Å². The highest BCUT2D eigenvalue weighted by atomic mass is 16.5. The molecule has 1 heterocycles. The summed E-state index contributed by atoms with van der Waals surface area (Å²) in [5.74, 6) is 2.80. The van der Waals surface area contributed by atoms with Crippen LogP contribution in [0.5, 0.6) is 0 Å². The zero-order chi connectivity index (χ0) is 15.8. The Morgan fingerprint density at radius 3 is 2.59 bits per heavy atom. The molecule has 1 saturated heterocycles. The standard InChI is InChI=1S/C18H35N3O/c1-4-19-18(20-14-16-8-6-7-15(3)13-16)21-11-9-17(10-12-21)22-5-2/h15-17H,4-14H2,1-3H3,(H,19,20). The van der Waals surface area contributed by atoms with Gasteiger partial charge in [-0.25, -0.2) is 0 Å².